The summed E-state index contributed by atoms with van der Waals surface area (Å²) in [5.74, 6) is -0.244. The molecule has 0 saturated carbocycles. The number of Topliss-reactive ketones (excluding diaryl/α,β-unsaturated/α-hetero) is 1. The first-order valence-electron chi connectivity index (χ1n) is 9.91. The monoisotopic (exact) mass is 388 g/mol. The van der Waals surface area contributed by atoms with Crippen molar-refractivity contribution in [3.8, 4) is 5.75 Å². The van der Waals surface area contributed by atoms with Gasteiger partial charge >= 0.3 is 0 Å². The van der Waals surface area contributed by atoms with E-state index in [1.54, 1.807) is 4.90 Å². The van der Waals surface area contributed by atoms with Gasteiger partial charge in [-0.05, 0) is 57.6 Å². The van der Waals surface area contributed by atoms with Crippen molar-refractivity contribution >= 4 is 11.7 Å². The molecule has 6 heteroatoms. The number of benzene rings is 1. The van der Waals surface area contributed by atoms with Crippen molar-refractivity contribution in [3.05, 3.63) is 41.2 Å². The minimum Gasteiger partial charge on any atom is -0.503 e. The van der Waals surface area contributed by atoms with E-state index in [0.29, 0.717) is 25.3 Å². The molecule has 0 aromatic heterocycles. The first-order valence-corrected chi connectivity index (χ1v) is 9.91. The first-order chi connectivity index (χ1) is 13.3. The summed E-state index contributed by atoms with van der Waals surface area (Å²) in [5.41, 5.74) is 0.984. The number of aliphatic hydroxyl groups excluding tert-OH is 1. The Bertz CT molecular complexity index is 740. The second-order valence-corrected chi connectivity index (χ2v) is 7.85. The van der Waals surface area contributed by atoms with Crippen molar-refractivity contribution in [2.45, 2.75) is 39.7 Å². The number of amides is 1. The number of nitrogens with zero attached hydrogens (tertiary/aromatic N) is 2. The van der Waals surface area contributed by atoms with Gasteiger partial charge in [0.05, 0.1) is 18.2 Å². The van der Waals surface area contributed by atoms with Crippen molar-refractivity contribution in [1.82, 2.24) is 9.80 Å². The van der Waals surface area contributed by atoms with Crippen LogP contribution in [0.1, 0.15) is 45.2 Å². The molecule has 1 heterocycles. The molecule has 0 aliphatic carbocycles. The summed E-state index contributed by atoms with van der Waals surface area (Å²) in [6.07, 6.45) is 1.04. The summed E-state index contributed by atoms with van der Waals surface area (Å²) in [7, 11) is 3.95. The molecule has 6 nitrogen and oxygen atoms in total. The standard InChI is InChI=1S/C22H32N2O4/c1-6-28-17-10-7-9-16(14-17)20-19(18(25)13-15(2)3)21(26)22(27)24(20)12-8-11-23(4)5/h7,9-10,14-15,20,26H,6,8,11-13H2,1-5H3. The third kappa shape index (κ3) is 5.13. The second kappa shape index (κ2) is 9.73. The van der Waals surface area contributed by atoms with Crippen LogP contribution in [0.25, 0.3) is 0 Å². The molecule has 1 unspecified atom stereocenters. The van der Waals surface area contributed by atoms with Gasteiger partial charge in [0.1, 0.15) is 5.75 Å². The molecule has 0 fully saturated rings. The molecule has 1 aromatic carbocycles. The van der Waals surface area contributed by atoms with Crippen LogP contribution < -0.4 is 4.74 Å². The number of rotatable bonds is 10. The number of ether oxygens (including phenoxy) is 1. The molecule has 0 spiro atoms. The van der Waals surface area contributed by atoms with Crippen molar-refractivity contribution in [2.75, 3.05) is 33.8 Å². The highest BCUT2D eigenvalue weighted by Gasteiger charge is 2.43. The van der Waals surface area contributed by atoms with Crippen LogP contribution in [0.15, 0.2) is 35.6 Å². The maximum atomic E-state index is 12.9. The van der Waals surface area contributed by atoms with Crippen molar-refractivity contribution in [3.63, 3.8) is 0 Å². The molecular weight excluding hydrogens is 356 g/mol. The predicted molar refractivity (Wildman–Crippen MR) is 109 cm³/mol. The molecule has 1 amide bonds. The first kappa shape index (κ1) is 22.0. The molecule has 2 rings (SSSR count). The van der Waals surface area contributed by atoms with Gasteiger partial charge in [-0.1, -0.05) is 26.0 Å². The summed E-state index contributed by atoms with van der Waals surface area (Å²) in [5, 5.41) is 10.6. The molecule has 154 valence electrons. The number of hydrogen-bond donors (Lipinski definition) is 1. The lowest BCUT2D eigenvalue weighted by atomic mass is 9.92. The third-order valence-corrected chi connectivity index (χ3v) is 4.69. The van der Waals surface area contributed by atoms with Crippen LogP contribution >= 0.6 is 0 Å². The molecule has 1 N–H and O–H groups in total. The fraction of sp³-hybridized carbons (Fsp3) is 0.545. The van der Waals surface area contributed by atoms with E-state index in [4.69, 9.17) is 4.74 Å². The van der Waals surface area contributed by atoms with Gasteiger partial charge in [0, 0.05) is 13.0 Å². The van der Waals surface area contributed by atoms with Gasteiger partial charge in [-0.3, -0.25) is 9.59 Å². The highest BCUT2D eigenvalue weighted by molar-refractivity contribution is 6.09. The zero-order valence-corrected chi connectivity index (χ0v) is 17.6. The van der Waals surface area contributed by atoms with E-state index in [2.05, 4.69) is 0 Å². The van der Waals surface area contributed by atoms with Crippen LogP contribution in [0.5, 0.6) is 5.75 Å². The van der Waals surface area contributed by atoms with Crippen LogP contribution in [0, 0.1) is 5.92 Å². The van der Waals surface area contributed by atoms with Gasteiger partial charge < -0.3 is 19.6 Å². The van der Waals surface area contributed by atoms with Gasteiger partial charge in [0.15, 0.2) is 11.5 Å². The number of carbonyl (C=O) groups excluding carboxylic acids is 2. The fourth-order valence-corrected chi connectivity index (χ4v) is 3.49. The molecule has 1 aliphatic rings. The third-order valence-electron chi connectivity index (χ3n) is 4.69. The summed E-state index contributed by atoms with van der Waals surface area (Å²) in [6.45, 7) is 7.61. The van der Waals surface area contributed by atoms with Gasteiger partial charge in [-0.15, -0.1) is 0 Å². The quantitative estimate of drug-likeness (QED) is 0.666. The Morgan fingerprint density at radius 2 is 2.04 bits per heavy atom. The Kier molecular flexibility index (Phi) is 7.63. The summed E-state index contributed by atoms with van der Waals surface area (Å²) >= 11 is 0. The van der Waals surface area contributed by atoms with Crippen LogP contribution in [-0.2, 0) is 9.59 Å². The zero-order chi connectivity index (χ0) is 20.8. The molecule has 28 heavy (non-hydrogen) atoms. The lowest BCUT2D eigenvalue weighted by molar-refractivity contribution is -0.129. The van der Waals surface area contributed by atoms with Gasteiger partial charge in [-0.25, -0.2) is 0 Å². The number of aliphatic hydroxyl groups is 1. The zero-order valence-electron chi connectivity index (χ0n) is 17.6. The van der Waals surface area contributed by atoms with E-state index < -0.39 is 17.7 Å². The predicted octanol–water partition coefficient (Wildman–Crippen LogP) is 3.35. The number of hydrogen-bond acceptors (Lipinski definition) is 5. The molecule has 1 aliphatic heterocycles. The minimum atomic E-state index is -0.582. The molecule has 0 radical (unpaired) electrons. The maximum Gasteiger partial charge on any atom is 0.290 e. The van der Waals surface area contributed by atoms with E-state index in [0.717, 1.165) is 18.5 Å². The fourth-order valence-electron chi connectivity index (χ4n) is 3.49. The van der Waals surface area contributed by atoms with Gasteiger partial charge in [0.25, 0.3) is 5.91 Å². The SMILES string of the molecule is CCOc1cccc(C2C(C(=O)CC(C)C)=C(O)C(=O)N2CCCN(C)C)c1. The Morgan fingerprint density at radius 3 is 2.64 bits per heavy atom. The number of ketones is 1. The van der Waals surface area contributed by atoms with Crippen LogP contribution in [0.3, 0.4) is 0 Å². The van der Waals surface area contributed by atoms with E-state index >= 15 is 0 Å². The van der Waals surface area contributed by atoms with E-state index in [1.165, 1.54) is 0 Å². The molecule has 0 bridgehead atoms. The van der Waals surface area contributed by atoms with E-state index in [9.17, 15) is 14.7 Å². The van der Waals surface area contributed by atoms with Gasteiger partial charge in [-0.2, -0.15) is 0 Å². The number of carbonyl (C=O) groups is 2. The minimum absolute atomic E-state index is 0.140. The molecule has 1 atom stereocenters. The smallest absolute Gasteiger partial charge is 0.290 e. The Balaban J connectivity index is 2.42. The lowest BCUT2D eigenvalue weighted by Gasteiger charge is -2.28. The average molecular weight is 389 g/mol. The Morgan fingerprint density at radius 1 is 1.32 bits per heavy atom. The summed E-state index contributed by atoms with van der Waals surface area (Å²) in [4.78, 5) is 29.3. The van der Waals surface area contributed by atoms with Crippen LogP contribution in [-0.4, -0.2) is 60.4 Å². The Hall–Kier alpha value is -2.34. The van der Waals surface area contributed by atoms with Crippen molar-refractivity contribution in [2.24, 2.45) is 5.92 Å². The highest BCUT2D eigenvalue weighted by Crippen LogP contribution is 2.39. The summed E-state index contributed by atoms with van der Waals surface area (Å²) in [6, 6.07) is 6.84. The lowest BCUT2D eigenvalue weighted by Crippen LogP contribution is -2.33. The Labute approximate surface area is 167 Å². The van der Waals surface area contributed by atoms with Crippen molar-refractivity contribution < 1.29 is 19.4 Å². The van der Waals surface area contributed by atoms with Crippen LogP contribution in [0.4, 0.5) is 0 Å². The van der Waals surface area contributed by atoms with E-state index in [-0.39, 0.29) is 17.3 Å². The largest absolute Gasteiger partial charge is 0.503 e. The van der Waals surface area contributed by atoms with Crippen LogP contribution in [0.2, 0.25) is 0 Å². The van der Waals surface area contributed by atoms with Crippen molar-refractivity contribution in [1.29, 1.82) is 0 Å². The highest BCUT2D eigenvalue weighted by atomic mass is 16.5. The van der Waals surface area contributed by atoms with Gasteiger partial charge in [0.2, 0.25) is 0 Å². The second-order valence-electron chi connectivity index (χ2n) is 7.85. The average Bonchev–Trinajstić information content (AvgIpc) is 2.86. The molecule has 0 saturated heterocycles. The molecule has 1 aromatic rings. The maximum absolute atomic E-state index is 12.9. The topological polar surface area (TPSA) is 70.1 Å². The normalized spacial score (nSPS) is 17.2. The molecular formula is C22H32N2O4. The summed E-state index contributed by atoms with van der Waals surface area (Å²) < 4.78 is 5.59. The van der Waals surface area contributed by atoms with E-state index in [1.807, 2.05) is 64.0 Å².